The van der Waals surface area contributed by atoms with Crippen molar-refractivity contribution >= 4 is 23.5 Å². The Hall–Kier alpha value is -2.78. The van der Waals surface area contributed by atoms with Gasteiger partial charge < -0.3 is 20.7 Å². The highest BCUT2D eigenvalue weighted by Crippen LogP contribution is 2.22. The molecule has 154 valence electrons. The smallest absolute Gasteiger partial charge is 0.251 e. The van der Waals surface area contributed by atoms with Gasteiger partial charge in [0.15, 0.2) is 5.82 Å². The summed E-state index contributed by atoms with van der Waals surface area (Å²) >= 11 is 0. The summed E-state index contributed by atoms with van der Waals surface area (Å²) in [5.74, 6) is 1.36. The highest BCUT2D eigenvalue weighted by atomic mass is 16.5. The Balaban J connectivity index is 1.39. The lowest BCUT2D eigenvalue weighted by Gasteiger charge is -2.38. The van der Waals surface area contributed by atoms with Crippen LogP contribution in [0.15, 0.2) is 30.3 Å². The number of nitrogens with two attached hydrogens (primary N) is 1. The molecule has 9 nitrogen and oxygen atoms in total. The van der Waals surface area contributed by atoms with E-state index < -0.39 is 0 Å². The van der Waals surface area contributed by atoms with Crippen LogP contribution in [0.4, 0.5) is 17.6 Å². The summed E-state index contributed by atoms with van der Waals surface area (Å²) in [6.07, 6.45) is 1.54. The number of benzene rings is 1. The Labute approximate surface area is 170 Å². The van der Waals surface area contributed by atoms with Crippen LogP contribution < -0.4 is 11.1 Å². The summed E-state index contributed by atoms with van der Waals surface area (Å²) in [4.78, 5) is 29.8. The van der Waals surface area contributed by atoms with Crippen LogP contribution in [0.5, 0.6) is 0 Å². The first kappa shape index (κ1) is 19.5. The molecule has 4 rings (SSSR count). The van der Waals surface area contributed by atoms with Crippen molar-refractivity contribution in [2.75, 3.05) is 43.8 Å². The predicted molar refractivity (Wildman–Crippen MR) is 110 cm³/mol. The Morgan fingerprint density at radius 1 is 1.17 bits per heavy atom. The van der Waals surface area contributed by atoms with Gasteiger partial charge in [0.25, 0.3) is 5.91 Å². The monoisotopic (exact) mass is 397 g/mol. The Bertz CT molecular complexity index is 834. The fourth-order valence-corrected chi connectivity index (χ4v) is 3.77. The zero-order valence-corrected chi connectivity index (χ0v) is 16.6. The molecule has 3 N–H and O–H groups in total. The number of hydrogen-bond acceptors (Lipinski definition) is 8. The number of ether oxygens (including phenoxy) is 1. The fraction of sp³-hybridized carbons (Fsp3) is 0.500. The van der Waals surface area contributed by atoms with E-state index in [9.17, 15) is 4.79 Å². The first-order valence-electron chi connectivity index (χ1n) is 10.1. The van der Waals surface area contributed by atoms with Crippen LogP contribution in [0, 0.1) is 0 Å². The van der Waals surface area contributed by atoms with E-state index in [4.69, 9.17) is 10.5 Å². The molecule has 0 spiro atoms. The van der Waals surface area contributed by atoms with Crippen LogP contribution in [0.25, 0.3) is 0 Å². The number of amides is 1. The molecule has 2 aliphatic heterocycles. The molecule has 2 atom stereocenters. The molecule has 0 unspecified atom stereocenters. The minimum atomic E-state index is -0.256. The molecular weight excluding hydrogens is 370 g/mol. The number of piperazine rings is 1. The van der Waals surface area contributed by atoms with E-state index in [1.54, 1.807) is 0 Å². The lowest BCUT2D eigenvalue weighted by atomic mass is 10.1. The van der Waals surface area contributed by atoms with E-state index in [2.05, 4.69) is 32.1 Å². The maximum Gasteiger partial charge on any atom is 0.251 e. The standard InChI is InChI=1S/C20H27N7O2/c1-14(26-9-11-27(12-10-26)18(28)16-8-5-13-29-16)17-23-19(21)25-20(24-17)22-15-6-3-2-4-7-15/h2-4,6-7,14,16H,5,8-13H2,1H3,(H3,21,22,23,24,25)/t14-,16+/m1/s1. The Morgan fingerprint density at radius 2 is 1.93 bits per heavy atom. The van der Waals surface area contributed by atoms with E-state index in [0.717, 1.165) is 31.6 Å². The number of nitrogens with one attached hydrogen (secondary N) is 1. The van der Waals surface area contributed by atoms with Crippen molar-refractivity contribution in [3.05, 3.63) is 36.2 Å². The summed E-state index contributed by atoms with van der Waals surface area (Å²) in [5.41, 5.74) is 6.81. The van der Waals surface area contributed by atoms with Crippen molar-refractivity contribution < 1.29 is 9.53 Å². The lowest BCUT2D eigenvalue weighted by Crippen LogP contribution is -2.51. The SMILES string of the molecule is C[C@H](c1nc(N)nc(Nc2ccccc2)n1)N1CCN(C(=O)[C@@H]2CCCO2)CC1. The number of carbonyl (C=O) groups excluding carboxylic acids is 1. The molecule has 0 aliphatic carbocycles. The third-order valence-electron chi connectivity index (χ3n) is 5.45. The molecule has 9 heteroatoms. The van der Waals surface area contributed by atoms with E-state index in [-0.39, 0.29) is 24.0 Å². The van der Waals surface area contributed by atoms with Crippen molar-refractivity contribution in [1.82, 2.24) is 24.8 Å². The van der Waals surface area contributed by atoms with Crippen LogP contribution in [0.2, 0.25) is 0 Å². The number of anilines is 3. The van der Waals surface area contributed by atoms with Gasteiger partial charge in [-0.25, -0.2) is 0 Å². The molecule has 1 aromatic heterocycles. The maximum absolute atomic E-state index is 12.5. The van der Waals surface area contributed by atoms with E-state index >= 15 is 0 Å². The molecule has 2 aliphatic rings. The minimum absolute atomic E-state index is 0.0309. The van der Waals surface area contributed by atoms with Gasteiger partial charge >= 0.3 is 0 Å². The Morgan fingerprint density at radius 3 is 2.62 bits per heavy atom. The zero-order chi connectivity index (χ0) is 20.2. The van der Waals surface area contributed by atoms with Gasteiger partial charge in [0.05, 0.1) is 6.04 Å². The first-order valence-corrected chi connectivity index (χ1v) is 10.1. The minimum Gasteiger partial charge on any atom is -0.368 e. The van der Waals surface area contributed by atoms with Crippen molar-refractivity contribution in [2.24, 2.45) is 0 Å². The first-order chi connectivity index (χ1) is 14.1. The topological polar surface area (TPSA) is 109 Å². The van der Waals surface area contributed by atoms with Gasteiger partial charge in [-0.3, -0.25) is 9.69 Å². The van der Waals surface area contributed by atoms with Crippen LogP contribution in [0.1, 0.15) is 31.6 Å². The van der Waals surface area contributed by atoms with E-state index in [1.165, 1.54) is 0 Å². The van der Waals surface area contributed by atoms with Gasteiger partial charge in [0.1, 0.15) is 6.10 Å². The zero-order valence-electron chi connectivity index (χ0n) is 16.6. The van der Waals surface area contributed by atoms with Gasteiger partial charge in [-0.2, -0.15) is 15.0 Å². The van der Waals surface area contributed by atoms with Gasteiger partial charge in [0, 0.05) is 38.5 Å². The average Bonchev–Trinajstić information content (AvgIpc) is 3.28. The second-order valence-corrected chi connectivity index (χ2v) is 7.41. The molecule has 3 heterocycles. The van der Waals surface area contributed by atoms with Gasteiger partial charge in [-0.05, 0) is 31.9 Å². The van der Waals surface area contributed by atoms with Gasteiger partial charge in [0.2, 0.25) is 11.9 Å². The molecule has 2 aromatic rings. The largest absolute Gasteiger partial charge is 0.368 e. The fourth-order valence-electron chi connectivity index (χ4n) is 3.77. The number of aromatic nitrogens is 3. The van der Waals surface area contributed by atoms with Crippen molar-refractivity contribution in [3.8, 4) is 0 Å². The van der Waals surface area contributed by atoms with E-state index in [0.29, 0.717) is 31.5 Å². The third-order valence-corrected chi connectivity index (χ3v) is 5.45. The number of nitrogen functional groups attached to an aromatic ring is 1. The molecule has 29 heavy (non-hydrogen) atoms. The van der Waals surface area contributed by atoms with E-state index in [1.807, 2.05) is 35.2 Å². The highest BCUT2D eigenvalue weighted by molar-refractivity contribution is 5.81. The summed E-state index contributed by atoms with van der Waals surface area (Å²) in [7, 11) is 0. The summed E-state index contributed by atoms with van der Waals surface area (Å²) in [6, 6.07) is 9.67. The molecule has 1 aromatic carbocycles. The summed E-state index contributed by atoms with van der Waals surface area (Å²) < 4.78 is 5.53. The van der Waals surface area contributed by atoms with Crippen LogP contribution in [-0.4, -0.2) is 69.5 Å². The maximum atomic E-state index is 12.5. The van der Waals surface area contributed by atoms with Crippen molar-refractivity contribution in [3.63, 3.8) is 0 Å². The average molecular weight is 397 g/mol. The van der Waals surface area contributed by atoms with Gasteiger partial charge in [-0.1, -0.05) is 18.2 Å². The Kier molecular flexibility index (Phi) is 5.86. The number of carbonyl (C=O) groups is 1. The van der Waals surface area contributed by atoms with Crippen LogP contribution in [0.3, 0.4) is 0 Å². The van der Waals surface area contributed by atoms with Crippen LogP contribution >= 0.6 is 0 Å². The molecule has 0 bridgehead atoms. The second kappa shape index (κ2) is 8.71. The normalized spacial score (nSPS) is 21.1. The number of nitrogens with zero attached hydrogens (tertiary/aromatic N) is 5. The number of hydrogen-bond donors (Lipinski definition) is 2. The third kappa shape index (κ3) is 4.63. The predicted octanol–water partition coefficient (Wildman–Crippen LogP) is 1.58. The van der Waals surface area contributed by atoms with Crippen molar-refractivity contribution in [2.45, 2.75) is 31.9 Å². The molecule has 1 amide bonds. The number of rotatable bonds is 5. The van der Waals surface area contributed by atoms with Gasteiger partial charge in [-0.15, -0.1) is 0 Å². The second-order valence-electron chi connectivity index (χ2n) is 7.41. The van der Waals surface area contributed by atoms with Crippen molar-refractivity contribution in [1.29, 1.82) is 0 Å². The lowest BCUT2D eigenvalue weighted by molar-refractivity contribution is -0.143. The molecule has 2 saturated heterocycles. The molecule has 2 fully saturated rings. The molecular formula is C20H27N7O2. The summed E-state index contributed by atoms with van der Waals surface area (Å²) in [6.45, 7) is 5.61. The number of para-hydroxylation sites is 1. The summed E-state index contributed by atoms with van der Waals surface area (Å²) in [5, 5.41) is 3.17. The molecule has 0 saturated carbocycles. The van der Waals surface area contributed by atoms with Crippen LogP contribution in [-0.2, 0) is 9.53 Å². The molecule has 0 radical (unpaired) electrons. The highest BCUT2D eigenvalue weighted by Gasteiger charge is 2.32. The quantitative estimate of drug-likeness (QED) is 0.783.